The Hall–Kier alpha value is -0.840. The summed E-state index contributed by atoms with van der Waals surface area (Å²) in [5, 5.41) is -0.319. The Bertz CT molecular complexity index is 211. The Morgan fingerprint density at radius 1 is 1.80 bits per heavy atom. The quantitative estimate of drug-likeness (QED) is 0.522. The highest BCUT2D eigenvalue weighted by atomic mass is 32.2. The number of carbonyl (C=O) groups excluding carboxylic acids is 2. The van der Waals surface area contributed by atoms with Crippen LogP contribution in [0.5, 0.6) is 0 Å². The summed E-state index contributed by atoms with van der Waals surface area (Å²) in [6.07, 6.45) is 0. The number of carbonyl (C=O) groups is 2. The zero-order chi connectivity index (χ0) is 7.56. The average Bonchev–Trinajstić information content (AvgIpc) is 2.34. The first kappa shape index (κ1) is 7.27. The van der Waals surface area contributed by atoms with Crippen LogP contribution in [0.3, 0.4) is 0 Å². The predicted molar refractivity (Wildman–Crippen MR) is 37.3 cm³/mol. The summed E-state index contributed by atoms with van der Waals surface area (Å²) in [6.45, 7) is 0. The van der Waals surface area contributed by atoms with Crippen LogP contribution >= 0.6 is 11.8 Å². The first-order chi connectivity index (χ1) is 4.74. The van der Waals surface area contributed by atoms with Crippen molar-refractivity contribution in [1.29, 1.82) is 0 Å². The minimum atomic E-state index is -0.515. The van der Waals surface area contributed by atoms with Gasteiger partial charge in [0.1, 0.15) is 5.71 Å². The number of hydrogen-bond donors (Lipinski definition) is 0. The van der Waals surface area contributed by atoms with Gasteiger partial charge in [-0.2, -0.15) is 4.99 Å². The predicted octanol–water partition coefficient (Wildman–Crippen LogP) is 0.467. The van der Waals surface area contributed by atoms with Crippen molar-refractivity contribution in [2.24, 2.45) is 4.99 Å². The fourth-order valence-electron chi connectivity index (χ4n) is 0.527. The van der Waals surface area contributed by atoms with Gasteiger partial charge in [0.2, 0.25) is 0 Å². The molecular formula is C5H5NO3S. The van der Waals surface area contributed by atoms with E-state index < -0.39 is 5.97 Å². The zero-order valence-electron chi connectivity index (χ0n) is 5.29. The third-order valence-electron chi connectivity index (χ3n) is 0.980. The van der Waals surface area contributed by atoms with E-state index in [4.69, 9.17) is 0 Å². The molecule has 1 rings (SSSR count). The van der Waals surface area contributed by atoms with Crippen LogP contribution in [0.2, 0.25) is 0 Å². The normalized spacial score (nSPS) is 16.9. The number of ether oxygens (including phenoxy) is 1. The van der Waals surface area contributed by atoms with Crippen molar-refractivity contribution < 1.29 is 14.3 Å². The van der Waals surface area contributed by atoms with Crippen LogP contribution in [-0.2, 0) is 9.53 Å². The number of esters is 1. The molecule has 4 nitrogen and oxygen atoms in total. The molecule has 0 aromatic rings. The third kappa shape index (κ3) is 1.36. The Kier molecular flexibility index (Phi) is 2.06. The maximum absolute atomic E-state index is 10.6. The van der Waals surface area contributed by atoms with Gasteiger partial charge in [-0.25, -0.2) is 4.79 Å². The molecule has 0 bridgehead atoms. The molecule has 0 saturated carbocycles. The second kappa shape index (κ2) is 2.83. The fourth-order valence-corrected chi connectivity index (χ4v) is 1.14. The van der Waals surface area contributed by atoms with Crippen molar-refractivity contribution in [3.8, 4) is 0 Å². The molecule has 0 aliphatic carbocycles. The van der Waals surface area contributed by atoms with Crippen LogP contribution in [0.25, 0.3) is 0 Å². The lowest BCUT2D eigenvalue weighted by atomic mass is 10.4. The molecular weight excluding hydrogens is 154 g/mol. The minimum absolute atomic E-state index is 0.206. The summed E-state index contributed by atoms with van der Waals surface area (Å²) >= 11 is 1.01. The van der Waals surface area contributed by atoms with Gasteiger partial charge in [0.05, 0.1) is 12.9 Å². The second-order valence-corrected chi connectivity index (χ2v) is 2.53. The lowest BCUT2D eigenvalue weighted by Gasteiger charge is -1.92. The highest BCUT2D eigenvalue weighted by molar-refractivity contribution is 8.14. The van der Waals surface area contributed by atoms with E-state index in [0.29, 0.717) is 5.75 Å². The molecule has 0 radical (unpaired) electrons. The summed E-state index contributed by atoms with van der Waals surface area (Å²) in [5.41, 5.74) is 0.206. The summed E-state index contributed by atoms with van der Waals surface area (Å²) in [6, 6.07) is 0. The summed E-state index contributed by atoms with van der Waals surface area (Å²) < 4.78 is 4.35. The molecule has 0 aromatic heterocycles. The molecule has 10 heavy (non-hydrogen) atoms. The monoisotopic (exact) mass is 159 g/mol. The van der Waals surface area contributed by atoms with E-state index in [2.05, 4.69) is 9.73 Å². The minimum Gasteiger partial charge on any atom is -0.465 e. The van der Waals surface area contributed by atoms with E-state index in [0.717, 1.165) is 11.8 Å². The molecule has 0 saturated heterocycles. The van der Waals surface area contributed by atoms with Crippen molar-refractivity contribution in [3.63, 3.8) is 0 Å². The molecule has 5 heteroatoms. The molecule has 0 atom stereocenters. The van der Waals surface area contributed by atoms with Crippen molar-refractivity contribution in [2.75, 3.05) is 12.9 Å². The highest BCUT2D eigenvalue weighted by Gasteiger charge is 2.21. The maximum Gasteiger partial charge on any atom is 0.353 e. The van der Waals surface area contributed by atoms with Gasteiger partial charge in [0.25, 0.3) is 0 Å². The van der Waals surface area contributed by atoms with Gasteiger partial charge >= 0.3 is 11.2 Å². The molecule has 1 aliphatic rings. The SMILES string of the molecule is COC(=O)C1=NC(=O)SC1. The standard InChI is InChI=1S/C5H5NO3S/c1-9-4(7)3-2-10-5(8)6-3/h2H2,1H3. The summed E-state index contributed by atoms with van der Waals surface area (Å²) in [7, 11) is 1.26. The Morgan fingerprint density at radius 3 is 2.90 bits per heavy atom. The molecule has 1 aliphatic heterocycles. The Labute approximate surface area is 61.6 Å². The number of aliphatic imine (C=N–C) groups is 1. The van der Waals surface area contributed by atoms with Gasteiger partial charge < -0.3 is 4.74 Å². The van der Waals surface area contributed by atoms with Gasteiger partial charge in [-0.05, 0) is 0 Å². The third-order valence-corrected chi connectivity index (χ3v) is 1.74. The average molecular weight is 159 g/mol. The van der Waals surface area contributed by atoms with Crippen molar-refractivity contribution in [3.05, 3.63) is 0 Å². The largest absolute Gasteiger partial charge is 0.465 e. The first-order valence-electron chi connectivity index (χ1n) is 2.56. The lowest BCUT2D eigenvalue weighted by molar-refractivity contribution is -0.132. The number of methoxy groups -OCH3 is 1. The zero-order valence-corrected chi connectivity index (χ0v) is 6.10. The molecule has 1 heterocycles. The molecule has 54 valence electrons. The van der Waals surface area contributed by atoms with Crippen LogP contribution in [-0.4, -0.2) is 29.8 Å². The van der Waals surface area contributed by atoms with Gasteiger partial charge in [0.15, 0.2) is 0 Å². The van der Waals surface area contributed by atoms with Gasteiger partial charge in [-0.15, -0.1) is 0 Å². The Morgan fingerprint density at radius 2 is 2.50 bits per heavy atom. The van der Waals surface area contributed by atoms with E-state index in [1.165, 1.54) is 7.11 Å². The van der Waals surface area contributed by atoms with Gasteiger partial charge in [-0.1, -0.05) is 11.8 Å². The first-order valence-corrected chi connectivity index (χ1v) is 3.55. The highest BCUT2D eigenvalue weighted by Crippen LogP contribution is 2.13. The molecule has 0 unspecified atom stereocenters. The van der Waals surface area contributed by atoms with Crippen molar-refractivity contribution in [1.82, 2.24) is 0 Å². The van der Waals surface area contributed by atoms with Crippen LogP contribution in [0.4, 0.5) is 4.79 Å². The van der Waals surface area contributed by atoms with Gasteiger partial charge in [-0.3, -0.25) is 4.79 Å². The summed E-state index contributed by atoms with van der Waals surface area (Å²) in [4.78, 5) is 24.5. The fraction of sp³-hybridized carbons (Fsp3) is 0.400. The molecule has 0 spiro atoms. The summed E-state index contributed by atoms with van der Waals surface area (Å²) in [5.74, 6) is -0.177. The smallest absolute Gasteiger partial charge is 0.353 e. The molecule has 0 aromatic carbocycles. The van der Waals surface area contributed by atoms with Gasteiger partial charge in [0, 0.05) is 0 Å². The van der Waals surface area contributed by atoms with E-state index >= 15 is 0 Å². The van der Waals surface area contributed by atoms with Crippen LogP contribution in [0.15, 0.2) is 4.99 Å². The topological polar surface area (TPSA) is 55.7 Å². The van der Waals surface area contributed by atoms with E-state index in [1.807, 2.05) is 0 Å². The molecule has 1 amide bonds. The second-order valence-electron chi connectivity index (χ2n) is 1.60. The maximum atomic E-state index is 10.6. The number of amides is 1. The van der Waals surface area contributed by atoms with E-state index in [9.17, 15) is 9.59 Å². The van der Waals surface area contributed by atoms with Crippen LogP contribution in [0, 0.1) is 0 Å². The number of thioether (sulfide) groups is 1. The van der Waals surface area contributed by atoms with E-state index in [-0.39, 0.29) is 11.0 Å². The number of rotatable bonds is 1. The molecule has 0 fully saturated rings. The Balaban J connectivity index is 2.66. The van der Waals surface area contributed by atoms with Crippen molar-refractivity contribution in [2.45, 2.75) is 0 Å². The molecule has 0 N–H and O–H groups in total. The lowest BCUT2D eigenvalue weighted by Crippen LogP contribution is -2.15. The van der Waals surface area contributed by atoms with Crippen molar-refractivity contribution >= 4 is 28.7 Å². The number of nitrogens with zero attached hydrogens (tertiary/aromatic N) is 1. The van der Waals surface area contributed by atoms with Crippen LogP contribution < -0.4 is 0 Å². The van der Waals surface area contributed by atoms with E-state index in [1.54, 1.807) is 0 Å². The van der Waals surface area contributed by atoms with Crippen LogP contribution in [0.1, 0.15) is 0 Å². The number of hydrogen-bond acceptors (Lipinski definition) is 4.